The molecule has 3 rings (SSSR count). The van der Waals surface area contributed by atoms with Crippen LogP contribution in [-0.2, 0) is 6.42 Å². The molecule has 2 aromatic rings. The Bertz CT molecular complexity index is 653. The van der Waals surface area contributed by atoms with Crippen LogP contribution in [0.4, 0.5) is 10.1 Å². The van der Waals surface area contributed by atoms with Gasteiger partial charge in [0.1, 0.15) is 23.7 Å². The number of fused-ring (bicyclic) bond motifs is 1. The highest BCUT2D eigenvalue weighted by molar-refractivity contribution is 5.50. The number of hydrogen-bond donors (Lipinski definition) is 1. The predicted octanol–water partition coefficient (Wildman–Crippen LogP) is 3.11. The SMILES string of the molecule is N#Cc1cc(NCC2Cc3ccccc3O2)ccc1F. The van der Waals surface area contributed by atoms with Crippen LogP contribution in [0.25, 0.3) is 0 Å². The molecule has 1 N–H and O–H groups in total. The van der Waals surface area contributed by atoms with Crippen molar-refractivity contribution in [2.75, 3.05) is 11.9 Å². The van der Waals surface area contributed by atoms with Crippen LogP contribution in [-0.4, -0.2) is 12.6 Å². The molecule has 0 aliphatic carbocycles. The number of rotatable bonds is 3. The first-order valence-corrected chi connectivity index (χ1v) is 6.44. The summed E-state index contributed by atoms with van der Waals surface area (Å²) in [5.41, 5.74) is 1.98. The highest BCUT2D eigenvalue weighted by atomic mass is 19.1. The van der Waals surface area contributed by atoms with Gasteiger partial charge in [0.05, 0.1) is 12.1 Å². The number of nitrogens with zero attached hydrogens (tertiary/aromatic N) is 1. The smallest absolute Gasteiger partial charge is 0.141 e. The van der Waals surface area contributed by atoms with Crippen molar-refractivity contribution >= 4 is 5.69 Å². The van der Waals surface area contributed by atoms with E-state index in [0.29, 0.717) is 6.54 Å². The van der Waals surface area contributed by atoms with E-state index in [1.165, 1.54) is 17.7 Å². The van der Waals surface area contributed by atoms with Gasteiger partial charge in [0.25, 0.3) is 0 Å². The van der Waals surface area contributed by atoms with Crippen molar-refractivity contribution in [3.63, 3.8) is 0 Å². The Labute approximate surface area is 116 Å². The van der Waals surface area contributed by atoms with Crippen molar-refractivity contribution in [3.05, 3.63) is 59.4 Å². The van der Waals surface area contributed by atoms with Crippen LogP contribution in [0.15, 0.2) is 42.5 Å². The second-order valence-electron chi connectivity index (χ2n) is 4.74. The lowest BCUT2D eigenvalue weighted by Gasteiger charge is -2.13. The number of benzene rings is 2. The summed E-state index contributed by atoms with van der Waals surface area (Å²) in [5.74, 6) is 0.429. The van der Waals surface area contributed by atoms with E-state index in [2.05, 4.69) is 11.4 Å². The summed E-state index contributed by atoms with van der Waals surface area (Å²) in [6.07, 6.45) is 0.915. The Kier molecular flexibility index (Phi) is 3.26. The number of ether oxygens (including phenoxy) is 1. The maximum atomic E-state index is 13.2. The van der Waals surface area contributed by atoms with Gasteiger partial charge in [0.15, 0.2) is 0 Å². The molecule has 20 heavy (non-hydrogen) atoms. The van der Waals surface area contributed by atoms with Crippen LogP contribution in [0.5, 0.6) is 5.75 Å². The van der Waals surface area contributed by atoms with Crippen LogP contribution in [0.3, 0.4) is 0 Å². The fourth-order valence-corrected chi connectivity index (χ4v) is 2.32. The Morgan fingerprint density at radius 3 is 2.95 bits per heavy atom. The second kappa shape index (κ2) is 5.22. The van der Waals surface area contributed by atoms with Gasteiger partial charge < -0.3 is 10.1 Å². The zero-order valence-corrected chi connectivity index (χ0v) is 10.8. The molecule has 1 atom stereocenters. The minimum absolute atomic E-state index is 0.0469. The van der Waals surface area contributed by atoms with Crippen LogP contribution in [0.1, 0.15) is 11.1 Å². The molecule has 2 aromatic carbocycles. The molecule has 0 bridgehead atoms. The van der Waals surface area contributed by atoms with Crippen LogP contribution >= 0.6 is 0 Å². The summed E-state index contributed by atoms with van der Waals surface area (Å²) in [6, 6.07) is 14.2. The third kappa shape index (κ3) is 2.43. The average molecular weight is 268 g/mol. The van der Waals surface area contributed by atoms with E-state index in [4.69, 9.17) is 10.00 Å². The Morgan fingerprint density at radius 2 is 2.15 bits per heavy atom. The van der Waals surface area contributed by atoms with Gasteiger partial charge in [-0.05, 0) is 29.8 Å². The van der Waals surface area contributed by atoms with Crippen LogP contribution < -0.4 is 10.1 Å². The molecule has 100 valence electrons. The molecule has 0 aromatic heterocycles. The topological polar surface area (TPSA) is 45.0 Å². The number of nitrogens with one attached hydrogen (secondary N) is 1. The van der Waals surface area contributed by atoms with Gasteiger partial charge in [-0.25, -0.2) is 4.39 Å². The maximum absolute atomic E-state index is 13.2. The first kappa shape index (κ1) is 12.5. The summed E-state index contributed by atoms with van der Waals surface area (Å²) in [5, 5.41) is 12.0. The van der Waals surface area contributed by atoms with Gasteiger partial charge in [-0.2, -0.15) is 5.26 Å². The lowest BCUT2D eigenvalue weighted by atomic mass is 10.1. The lowest BCUT2D eigenvalue weighted by Crippen LogP contribution is -2.24. The zero-order valence-electron chi connectivity index (χ0n) is 10.8. The Morgan fingerprint density at radius 1 is 1.30 bits per heavy atom. The molecular weight excluding hydrogens is 255 g/mol. The number of nitriles is 1. The van der Waals surface area contributed by atoms with E-state index in [0.717, 1.165) is 17.9 Å². The molecule has 3 nitrogen and oxygen atoms in total. The van der Waals surface area contributed by atoms with Crippen molar-refractivity contribution in [1.29, 1.82) is 5.26 Å². The quantitative estimate of drug-likeness (QED) is 0.930. The van der Waals surface area contributed by atoms with Crippen molar-refractivity contribution < 1.29 is 9.13 Å². The standard InChI is InChI=1S/C16H13FN2O/c17-15-6-5-13(7-12(15)9-18)19-10-14-8-11-3-1-2-4-16(11)20-14/h1-7,14,19H,8,10H2. The molecule has 1 aliphatic rings. The van der Waals surface area contributed by atoms with Crippen LogP contribution in [0, 0.1) is 17.1 Å². The predicted molar refractivity (Wildman–Crippen MR) is 74.2 cm³/mol. The largest absolute Gasteiger partial charge is 0.488 e. The Hall–Kier alpha value is -2.54. The summed E-state index contributed by atoms with van der Waals surface area (Å²) >= 11 is 0. The fourth-order valence-electron chi connectivity index (χ4n) is 2.32. The zero-order chi connectivity index (χ0) is 13.9. The highest BCUT2D eigenvalue weighted by Crippen LogP contribution is 2.28. The lowest BCUT2D eigenvalue weighted by molar-refractivity contribution is 0.246. The monoisotopic (exact) mass is 268 g/mol. The molecule has 1 aliphatic heterocycles. The van der Waals surface area contributed by atoms with E-state index in [-0.39, 0.29) is 11.7 Å². The molecule has 0 radical (unpaired) electrons. The molecule has 0 fully saturated rings. The normalized spacial score (nSPS) is 16.1. The summed E-state index contributed by atoms with van der Waals surface area (Å²) in [6.45, 7) is 0.616. The molecular formula is C16H13FN2O. The third-order valence-corrected chi connectivity index (χ3v) is 3.33. The van der Waals surface area contributed by atoms with Crippen molar-refractivity contribution in [2.45, 2.75) is 12.5 Å². The number of para-hydroxylation sites is 1. The Balaban J connectivity index is 1.63. The number of hydrogen-bond acceptors (Lipinski definition) is 3. The third-order valence-electron chi connectivity index (χ3n) is 3.33. The van der Waals surface area contributed by atoms with Gasteiger partial charge in [-0.1, -0.05) is 18.2 Å². The molecule has 0 amide bonds. The molecule has 4 heteroatoms. The second-order valence-corrected chi connectivity index (χ2v) is 4.74. The molecule has 1 unspecified atom stereocenters. The molecule has 0 saturated carbocycles. The van der Waals surface area contributed by atoms with E-state index in [1.54, 1.807) is 6.07 Å². The summed E-state index contributed by atoms with van der Waals surface area (Å²) in [4.78, 5) is 0. The van der Waals surface area contributed by atoms with Gasteiger partial charge >= 0.3 is 0 Å². The minimum atomic E-state index is -0.498. The maximum Gasteiger partial charge on any atom is 0.141 e. The van der Waals surface area contributed by atoms with Gasteiger partial charge in [-0.3, -0.25) is 0 Å². The van der Waals surface area contributed by atoms with Gasteiger partial charge in [-0.15, -0.1) is 0 Å². The van der Waals surface area contributed by atoms with E-state index in [9.17, 15) is 4.39 Å². The van der Waals surface area contributed by atoms with Crippen molar-refractivity contribution in [3.8, 4) is 11.8 Å². The van der Waals surface area contributed by atoms with E-state index >= 15 is 0 Å². The molecule has 0 spiro atoms. The van der Waals surface area contributed by atoms with E-state index in [1.807, 2.05) is 24.3 Å². The number of halogens is 1. The van der Waals surface area contributed by atoms with Crippen LogP contribution in [0.2, 0.25) is 0 Å². The molecule has 1 heterocycles. The molecule has 0 saturated heterocycles. The first-order chi connectivity index (χ1) is 9.76. The van der Waals surface area contributed by atoms with Gasteiger partial charge in [0, 0.05) is 12.1 Å². The first-order valence-electron chi connectivity index (χ1n) is 6.44. The van der Waals surface area contributed by atoms with Gasteiger partial charge in [0.2, 0.25) is 0 Å². The van der Waals surface area contributed by atoms with E-state index < -0.39 is 5.82 Å². The number of anilines is 1. The average Bonchev–Trinajstić information content (AvgIpc) is 2.89. The van der Waals surface area contributed by atoms with Crippen molar-refractivity contribution in [1.82, 2.24) is 0 Å². The van der Waals surface area contributed by atoms with Crippen molar-refractivity contribution in [2.24, 2.45) is 0 Å². The minimum Gasteiger partial charge on any atom is -0.488 e. The summed E-state index contributed by atoms with van der Waals surface area (Å²) < 4.78 is 19.0. The summed E-state index contributed by atoms with van der Waals surface area (Å²) in [7, 11) is 0. The highest BCUT2D eigenvalue weighted by Gasteiger charge is 2.21. The fraction of sp³-hybridized carbons (Fsp3) is 0.188.